The third-order valence-electron chi connectivity index (χ3n) is 4.99. The molecule has 126 valence electrons. The Morgan fingerprint density at radius 3 is 2.21 bits per heavy atom. The highest BCUT2D eigenvalue weighted by Gasteiger charge is 2.18. The van der Waals surface area contributed by atoms with E-state index in [1.807, 2.05) is 0 Å². The molecule has 2 aromatic carbocycles. The second kappa shape index (κ2) is 6.12. The van der Waals surface area contributed by atoms with E-state index in [4.69, 9.17) is 0 Å². The van der Waals surface area contributed by atoms with Crippen LogP contribution in [0.15, 0.2) is 42.5 Å². The first-order valence-corrected chi connectivity index (χ1v) is 8.92. The number of fused-ring (bicyclic) bond motifs is 1. The average Bonchev–Trinajstić information content (AvgIpc) is 2.53. The Balaban J connectivity index is 1.96. The van der Waals surface area contributed by atoms with Crippen LogP contribution in [-0.4, -0.2) is 11.9 Å². The van der Waals surface area contributed by atoms with E-state index in [1.165, 1.54) is 33.5 Å². The fourth-order valence-electron chi connectivity index (χ4n) is 3.31. The van der Waals surface area contributed by atoms with Gasteiger partial charge in [0, 0.05) is 19.3 Å². The lowest BCUT2D eigenvalue weighted by Crippen LogP contribution is -2.20. The average molecular weight is 319 g/mol. The van der Waals surface area contributed by atoms with Crippen LogP contribution in [0, 0.1) is 0 Å². The lowest BCUT2D eigenvalue weighted by atomic mass is 9.86. The smallest absolute Gasteiger partial charge is 0.0446 e. The van der Waals surface area contributed by atoms with Crippen molar-refractivity contribution in [2.75, 3.05) is 7.05 Å². The maximum absolute atomic E-state index is 2.37. The molecule has 2 aromatic rings. The van der Waals surface area contributed by atoms with Crippen molar-refractivity contribution in [3.63, 3.8) is 0 Å². The van der Waals surface area contributed by atoms with E-state index in [-0.39, 0.29) is 5.41 Å². The van der Waals surface area contributed by atoms with E-state index in [2.05, 4.69) is 95.1 Å². The SMILES string of the molecule is CC(C)c1ccc2c(c1)CN(C)C(c1ccc(C(C)(C)C)cc1)=C2. The minimum absolute atomic E-state index is 0.200. The van der Waals surface area contributed by atoms with Crippen molar-refractivity contribution in [3.8, 4) is 0 Å². The first kappa shape index (κ1) is 16.8. The van der Waals surface area contributed by atoms with Gasteiger partial charge in [0.05, 0.1) is 0 Å². The molecule has 0 N–H and O–H groups in total. The summed E-state index contributed by atoms with van der Waals surface area (Å²) in [5.74, 6) is 0.580. The zero-order valence-corrected chi connectivity index (χ0v) is 15.9. The number of benzene rings is 2. The number of hydrogen-bond acceptors (Lipinski definition) is 1. The summed E-state index contributed by atoms with van der Waals surface area (Å²) < 4.78 is 0. The van der Waals surface area contributed by atoms with Gasteiger partial charge in [-0.05, 0) is 45.2 Å². The summed E-state index contributed by atoms with van der Waals surface area (Å²) in [5.41, 5.74) is 8.39. The molecule has 1 heteroatoms. The zero-order chi connectivity index (χ0) is 17.5. The first-order valence-electron chi connectivity index (χ1n) is 8.92. The van der Waals surface area contributed by atoms with Crippen LogP contribution < -0.4 is 0 Å². The Labute approximate surface area is 147 Å². The molecule has 0 unspecified atom stereocenters. The molecule has 0 saturated carbocycles. The molecular weight excluding hydrogens is 290 g/mol. The summed E-state index contributed by atoms with van der Waals surface area (Å²) in [7, 11) is 2.19. The third-order valence-corrected chi connectivity index (χ3v) is 4.99. The van der Waals surface area contributed by atoms with Crippen molar-refractivity contribution >= 4 is 11.8 Å². The zero-order valence-electron chi connectivity index (χ0n) is 15.9. The molecule has 0 radical (unpaired) electrons. The summed E-state index contributed by atoms with van der Waals surface area (Å²) in [6.07, 6.45) is 2.33. The van der Waals surface area contributed by atoms with Crippen LogP contribution in [0.2, 0.25) is 0 Å². The Morgan fingerprint density at radius 1 is 0.958 bits per heavy atom. The van der Waals surface area contributed by atoms with Gasteiger partial charge >= 0.3 is 0 Å². The van der Waals surface area contributed by atoms with Crippen LogP contribution in [0.4, 0.5) is 0 Å². The Morgan fingerprint density at radius 2 is 1.62 bits per heavy atom. The van der Waals surface area contributed by atoms with Crippen LogP contribution in [0.1, 0.15) is 68.4 Å². The van der Waals surface area contributed by atoms with Gasteiger partial charge in [0.25, 0.3) is 0 Å². The minimum Gasteiger partial charge on any atom is -0.370 e. The predicted octanol–water partition coefficient (Wildman–Crippen LogP) is 6.05. The van der Waals surface area contributed by atoms with Gasteiger partial charge in [-0.2, -0.15) is 0 Å². The van der Waals surface area contributed by atoms with Crippen LogP contribution in [0.5, 0.6) is 0 Å². The van der Waals surface area contributed by atoms with Crippen molar-refractivity contribution < 1.29 is 0 Å². The molecule has 1 aliphatic rings. The molecule has 0 fully saturated rings. The molecule has 0 aromatic heterocycles. The van der Waals surface area contributed by atoms with Gasteiger partial charge in [0.15, 0.2) is 0 Å². The number of hydrogen-bond donors (Lipinski definition) is 0. The van der Waals surface area contributed by atoms with Crippen LogP contribution in [-0.2, 0) is 12.0 Å². The van der Waals surface area contributed by atoms with Crippen LogP contribution in [0.25, 0.3) is 11.8 Å². The second-order valence-corrected chi connectivity index (χ2v) is 8.33. The van der Waals surface area contributed by atoms with E-state index < -0.39 is 0 Å². The van der Waals surface area contributed by atoms with Crippen molar-refractivity contribution in [1.82, 2.24) is 4.90 Å². The molecule has 0 spiro atoms. The van der Waals surface area contributed by atoms with Gasteiger partial charge in [0.2, 0.25) is 0 Å². The summed E-state index contributed by atoms with van der Waals surface area (Å²) >= 11 is 0. The van der Waals surface area contributed by atoms with Crippen LogP contribution >= 0.6 is 0 Å². The molecule has 0 amide bonds. The van der Waals surface area contributed by atoms with Gasteiger partial charge in [-0.3, -0.25) is 0 Å². The highest BCUT2D eigenvalue weighted by atomic mass is 15.1. The van der Waals surface area contributed by atoms with Gasteiger partial charge in [-0.15, -0.1) is 0 Å². The molecule has 3 rings (SSSR count). The number of rotatable bonds is 2. The standard InChI is InChI=1S/C23H29N/c1-16(2)18-7-8-19-14-22(24(6)15-20(19)13-18)17-9-11-21(12-10-17)23(3,4)5/h7-14,16H,15H2,1-6H3. The first-order chi connectivity index (χ1) is 11.3. The second-order valence-electron chi connectivity index (χ2n) is 8.33. The van der Waals surface area contributed by atoms with Gasteiger partial charge in [-0.25, -0.2) is 0 Å². The minimum atomic E-state index is 0.200. The molecule has 1 heterocycles. The maximum atomic E-state index is 2.37. The van der Waals surface area contributed by atoms with Crippen molar-refractivity contribution in [2.45, 2.75) is 52.5 Å². The topological polar surface area (TPSA) is 3.24 Å². The summed E-state index contributed by atoms with van der Waals surface area (Å²) in [6.45, 7) is 12.3. The van der Waals surface area contributed by atoms with E-state index in [0.717, 1.165) is 6.54 Å². The molecule has 24 heavy (non-hydrogen) atoms. The molecule has 1 nitrogen and oxygen atoms in total. The fourth-order valence-corrected chi connectivity index (χ4v) is 3.31. The summed E-state index contributed by atoms with van der Waals surface area (Å²) in [4.78, 5) is 2.36. The van der Waals surface area contributed by atoms with E-state index in [1.54, 1.807) is 0 Å². The largest absolute Gasteiger partial charge is 0.370 e. The van der Waals surface area contributed by atoms with Gasteiger partial charge in [0.1, 0.15) is 0 Å². The maximum Gasteiger partial charge on any atom is 0.0446 e. The normalized spacial score (nSPS) is 14.6. The van der Waals surface area contributed by atoms with E-state index in [9.17, 15) is 0 Å². The van der Waals surface area contributed by atoms with E-state index >= 15 is 0 Å². The van der Waals surface area contributed by atoms with Crippen molar-refractivity contribution in [3.05, 3.63) is 70.3 Å². The summed E-state index contributed by atoms with van der Waals surface area (Å²) in [6, 6.07) is 16.0. The summed E-state index contributed by atoms with van der Waals surface area (Å²) in [5, 5.41) is 0. The van der Waals surface area contributed by atoms with Crippen molar-refractivity contribution in [1.29, 1.82) is 0 Å². The lowest BCUT2D eigenvalue weighted by Gasteiger charge is -2.29. The monoisotopic (exact) mass is 319 g/mol. The quantitative estimate of drug-likeness (QED) is 0.651. The Kier molecular flexibility index (Phi) is 4.29. The predicted molar refractivity (Wildman–Crippen MR) is 105 cm³/mol. The highest BCUT2D eigenvalue weighted by molar-refractivity contribution is 5.83. The van der Waals surface area contributed by atoms with Crippen LogP contribution in [0.3, 0.4) is 0 Å². The molecule has 1 aliphatic heterocycles. The fraction of sp³-hybridized carbons (Fsp3) is 0.391. The molecular formula is C23H29N. The number of nitrogens with zero attached hydrogens (tertiary/aromatic N) is 1. The van der Waals surface area contributed by atoms with Crippen molar-refractivity contribution in [2.24, 2.45) is 0 Å². The highest BCUT2D eigenvalue weighted by Crippen LogP contribution is 2.32. The lowest BCUT2D eigenvalue weighted by molar-refractivity contribution is 0.471. The van der Waals surface area contributed by atoms with Gasteiger partial charge < -0.3 is 4.90 Å². The Hall–Kier alpha value is -2.02. The Bertz CT molecular complexity index is 758. The molecule has 0 atom stereocenters. The molecule has 0 aliphatic carbocycles. The molecule has 0 saturated heterocycles. The molecule has 0 bridgehead atoms. The third kappa shape index (κ3) is 3.26. The van der Waals surface area contributed by atoms with E-state index in [0.29, 0.717) is 5.92 Å². The van der Waals surface area contributed by atoms with Gasteiger partial charge in [-0.1, -0.05) is 77.1 Å².